The average Bonchev–Trinajstić information content (AvgIpc) is 2.37. The van der Waals surface area contributed by atoms with E-state index in [1.807, 2.05) is 0 Å². The Morgan fingerprint density at radius 2 is 1.76 bits per heavy atom. The van der Waals surface area contributed by atoms with Crippen molar-refractivity contribution in [2.24, 2.45) is 0 Å². The van der Waals surface area contributed by atoms with Crippen LogP contribution in [0.1, 0.15) is 46.6 Å². The van der Waals surface area contributed by atoms with Crippen molar-refractivity contribution < 1.29 is 9.90 Å². The van der Waals surface area contributed by atoms with Gasteiger partial charge in [0.1, 0.15) is 5.54 Å². The van der Waals surface area contributed by atoms with Gasteiger partial charge in [0.25, 0.3) is 0 Å². The third kappa shape index (κ3) is 5.04. The highest BCUT2D eigenvalue weighted by Crippen LogP contribution is 2.31. The van der Waals surface area contributed by atoms with Crippen molar-refractivity contribution in [2.45, 2.75) is 62.1 Å². The molecule has 0 aliphatic rings. The number of rotatable bonds is 6. The van der Waals surface area contributed by atoms with Crippen molar-refractivity contribution in [3.05, 3.63) is 29.8 Å². The van der Waals surface area contributed by atoms with E-state index in [2.05, 4.69) is 57.3 Å². The van der Waals surface area contributed by atoms with E-state index in [4.69, 9.17) is 0 Å². The molecule has 0 radical (unpaired) electrons. The second kappa shape index (κ2) is 6.84. The zero-order valence-electron chi connectivity index (χ0n) is 13.9. The van der Waals surface area contributed by atoms with Crippen molar-refractivity contribution in [3.63, 3.8) is 0 Å². The molecule has 2 unspecified atom stereocenters. The third-order valence-corrected chi connectivity index (χ3v) is 4.89. The summed E-state index contributed by atoms with van der Waals surface area (Å²) in [5.41, 5.74) is 0.589. The predicted octanol–water partition coefficient (Wildman–Crippen LogP) is 3.92. The number of carboxylic acids is 1. The molecule has 0 aliphatic carbocycles. The second-order valence-corrected chi connectivity index (χ2v) is 8.31. The molecular formula is C17H27NO2S. The molecule has 0 bridgehead atoms. The van der Waals surface area contributed by atoms with Crippen LogP contribution in [-0.4, -0.2) is 28.9 Å². The highest BCUT2D eigenvalue weighted by molar-refractivity contribution is 7.99. The molecule has 118 valence electrons. The molecule has 2 atom stereocenters. The fourth-order valence-electron chi connectivity index (χ4n) is 2.18. The maximum Gasteiger partial charge on any atom is 0.323 e. The third-order valence-electron chi connectivity index (χ3n) is 3.78. The largest absolute Gasteiger partial charge is 0.480 e. The molecule has 0 aromatic heterocycles. The Bertz CT molecular complexity index is 479. The zero-order chi connectivity index (χ0) is 16.3. The number of hydrogen-bond donors (Lipinski definition) is 2. The maximum absolute atomic E-state index is 11.3. The smallest absolute Gasteiger partial charge is 0.323 e. The van der Waals surface area contributed by atoms with Gasteiger partial charge in [-0.2, -0.15) is 0 Å². The number of benzene rings is 1. The fourth-order valence-corrected chi connectivity index (χ4v) is 3.35. The highest BCUT2D eigenvalue weighted by atomic mass is 32.2. The Morgan fingerprint density at radius 1 is 1.24 bits per heavy atom. The van der Waals surface area contributed by atoms with Crippen LogP contribution in [0.5, 0.6) is 0 Å². The minimum absolute atomic E-state index is 0.156. The van der Waals surface area contributed by atoms with Gasteiger partial charge >= 0.3 is 5.97 Å². The van der Waals surface area contributed by atoms with Crippen LogP contribution >= 0.6 is 11.8 Å². The van der Waals surface area contributed by atoms with Gasteiger partial charge in [-0.05, 0) is 43.5 Å². The van der Waals surface area contributed by atoms with E-state index in [1.165, 1.54) is 10.5 Å². The monoisotopic (exact) mass is 309 g/mol. The lowest BCUT2D eigenvalue weighted by Crippen LogP contribution is -2.49. The van der Waals surface area contributed by atoms with Gasteiger partial charge in [-0.1, -0.05) is 39.8 Å². The fraction of sp³-hybridized carbons (Fsp3) is 0.588. The second-order valence-electron chi connectivity index (χ2n) is 6.79. The Kier molecular flexibility index (Phi) is 5.88. The summed E-state index contributed by atoms with van der Waals surface area (Å²) in [6.07, 6.45) is 0.574. The van der Waals surface area contributed by atoms with E-state index in [0.717, 1.165) is 0 Å². The van der Waals surface area contributed by atoms with Crippen LogP contribution in [0.3, 0.4) is 0 Å². The first kappa shape index (κ1) is 18.1. The molecule has 4 heteroatoms. The van der Waals surface area contributed by atoms with E-state index in [1.54, 1.807) is 25.7 Å². The first-order valence-corrected chi connectivity index (χ1v) is 8.16. The SMILES string of the molecule is CNC(C)(CC(C)Sc1ccc(C(C)(C)C)cc1)C(=O)O. The standard InChI is InChI=1S/C17H27NO2S/c1-12(11-17(5,18-6)15(19)20)21-14-9-7-13(8-10-14)16(2,3)4/h7-10,12,18H,11H2,1-6H3,(H,19,20). The normalized spacial score (nSPS) is 16.3. The van der Waals surface area contributed by atoms with E-state index in [0.29, 0.717) is 6.42 Å². The lowest BCUT2D eigenvalue weighted by molar-refractivity contribution is -0.144. The Balaban J connectivity index is 2.71. The summed E-state index contributed by atoms with van der Waals surface area (Å²) in [6, 6.07) is 8.56. The van der Waals surface area contributed by atoms with Gasteiger partial charge in [0.2, 0.25) is 0 Å². The molecule has 0 saturated heterocycles. The molecule has 0 aliphatic heterocycles. The summed E-state index contributed by atoms with van der Waals surface area (Å²) in [6.45, 7) is 10.4. The van der Waals surface area contributed by atoms with E-state index in [-0.39, 0.29) is 10.7 Å². The van der Waals surface area contributed by atoms with Crippen molar-refractivity contribution in [1.82, 2.24) is 5.32 Å². The molecule has 21 heavy (non-hydrogen) atoms. The van der Waals surface area contributed by atoms with Crippen molar-refractivity contribution in [2.75, 3.05) is 7.05 Å². The Morgan fingerprint density at radius 3 is 2.14 bits per heavy atom. The summed E-state index contributed by atoms with van der Waals surface area (Å²) in [5.74, 6) is -0.805. The van der Waals surface area contributed by atoms with Crippen LogP contribution < -0.4 is 5.32 Å². The van der Waals surface area contributed by atoms with Crippen LogP contribution in [0.15, 0.2) is 29.2 Å². The number of aliphatic carboxylic acids is 1. The number of hydrogen-bond acceptors (Lipinski definition) is 3. The van der Waals surface area contributed by atoms with Gasteiger partial charge in [-0.15, -0.1) is 11.8 Å². The molecule has 0 saturated carbocycles. The molecule has 0 fully saturated rings. The molecule has 0 amide bonds. The molecule has 0 heterocycles. The zero-order valence-corrected chi connectivity index (χ0v) is 14.7. The van der Waals surface area contributed by atoms with Gasteiger partial charge in [-0.25, -0.2) is 0 Å². The number of nitrogens with one attached hydrogen (secondary N) is 1. The number of thioether (sulfide) groups is 1. The summed E-state index contributed by atoms with van der Waals surface area (Å²) in [7, 11) is 1.70. The van der Waals surface area contributed by atoms with Crippen LogP contribution in [0.25, 0.3) is 0 Å². The maximum atomic E-state index is 11.3. The minimum atomic E-state index is -0.877. The van der Waals surface area contributed by atoms with E-state index < -0.39 is 11.5 Å². The van der Waals surface area contributed by atoms with Gasteiger partial charge in [0.05, 0.1) is 0 Å². The minimum Gasteiger partial charge on any atom is -0.480 e. The Labute approximate surface area is 132 Å². The summed E-state index contributed by atoms with van der Waals surface area (Å²) >= 11 is 1.72. The molecule has 0 spiro atoms. The quantitative estimate of drug-likeness (QED) is 0.782. The van der Waals surface area contributed by atoms with E-state index >= 15 is 0 Å². The molecule has 3 nitrogen and oxygen atoms in total. The van der Waals surface area contributed by atoms with Crippen molar-refractivity contribution in [1.29, 1.82) is 0 Å². The lowest BCUT2D eigenvalue weighted by Gasteiger charge is -2.27. The van der Waals surface area contributed by atoms with Crippen LogP contribution in [0, 0.1) is 0 Å². The lowest BCUT2D eigenvalue weighted by atomic mass is 9.87. The number of likely N-dealkylation sites (N-methyl/N-ethyl adjacent to an activating group) is 1. The molecular weight excluding hydrogens is 282 g/mol. The highest BCUT2D eigenvalue weighted by Gasteiger charge is 2.33. The van der Waals surface area contributed by atoms with Crippen LogP contribution in [0.4, 0.5) is 0 Å². The van der Waals surface area contributed by atoms with Gasteiger partial charge in [0, 0.05) is 10.1 Å². The van der Waals surface area contributed by atoms with Gasteiger partial charge < -0.3 is 10.4 Å². The summed E-state index contributed by atoms with van der Waals surface area (Å²) < 4.78 is 0. The molecule has 1 aromatic carbocycles. The van der Waals surface area contributed by atoms with Gasteiger partial charge in [-0.3, -0.25) is 4.79 Å². The van der Waals surface area contributed by atoms with Crippen LogP contribution in [0.2, 0.25) is 0 Å². The first-order chi connectivity index (χ1) is 9.58. The van der Waals surface area contributed by atoms with Crippen molar-refractivity contribution in [3.8, 4) is 0 Å². The summed E-state index contributed by atoms with van der Waals surface area (Å²) in [5, 5.41) is 12.4. The van der Waals surface area contributed by atoms with Gasteiger partial charge in [0.15, 0.2) is 0 Å². The first-order valence-electron chi connectivity index (χ1n) is 7.28. The molecule has 1 rings (SSSR count). The number of carbonyl (C=O) groups is 1. The molecule has 2 N–H and O–H groups in total. The number of carboxylic acid groups (broad SMARTS) is 1. The van der Waals surface area contributed by atoms with E-state index in [9.17, 15) is 9.90 Å². The summed E-state index contributed by atoms with van der Waals surface area (Å²) in [4.78, 5) is 12.5. The van der Waals surface area contributed by atoms with Crippen LogP contribution in [-0.2, 0) is 10.2 Å². The van der Waals surface area contributed by atoms with Crippen molar-refractivity contribution >= 4 is 17.7 Å². The topological polar surface area (TPSA) is 49.3 Å². The Hall–Kier alpha value is -1.00. The average molecular weight is 309 g/mol. The molecule has 1 aromatic rings. The predicted molar refractivity (Wildman–Crippen MR) is 90.2 cm³/mol.